The molecule has 1 atom stereocenters. The van der Waals surface area contributed by atoms with Crippen molar-refractivity contribution in [3.05, 3.63) is 35.3 Å². The van der Waals surface area contributed by atoms with Gasteiger partial charge in [0.25, 0.3) is 0 Å². The summed E-state index contributed by atoms with van der Waals surface area (Å²) < 4.78 is 6.80. The fourth-order valence-corrected chi connectivity index (χ4v) is 6.12. The minimum Gasteiger partial charge on any atom is -0.378 e. The standard InChI is InChI=1S/C24H28N6OS/c1-16-4-3-7-29(14-16)15-17-12-21-22(32-17)24(30-8-10-31-11-9-30)27-23(26-21)18-5-2-6-20-19(18)13-25-28-20/h2,5-6,12-13,16H,3-4,7-11,14-15H2,1H3,(H,25,28). The van der Waals surface area contributed by atoms with Crippen LogP contribution in [0.1, 0.15) is 24.6 Å². The number of benzene rings is 1. The van der Waals surface area contributed by atoms with E-state index >= 15 is 0 Å². The molecule has 2 fully saturated rings. The molecule has 2 aliphatic rings. The molecule has 0 bridgehead atoms. The van der Waals surface area contributed by atoms with Gasteiger partial charge in [-0.3, -0.25) is 10.00 Å². The van der Waals surface area contributed by atoms with Crippen molar-refractivity contribution in [3.63, 3.8) is 0 Å². The number of ether oxygens (including phenoxy) is 1. The summed E-state index contributed by atoms with van der Waals surface area (Å²) >= 11 is 1.85. The van der Waals surface area contributed by atoms with Crippen molar-refractivity contribution < 1.29 is 4.74 Å². The molecule has 2 saturated heterocycles. The Morgan fingerprint density at radius 1 is 1.19 bits per heavy atom. The fraction of sp³-hybridized carbons (Fsp3) is 0.458. The summed E-state index contributed by atoms with van der Waals surface area (Å²) in [6.45, 7) is 8.93. The molecule has 166 valence electrons. The number of thiophene rings is 1. The smallest absolute Gasteiger partial charge is 0.162 e. The first kappa shape index (κ1) is 20.1. The highest BCUT2D eigenvalue weighted by Crippen LogP contribution is 2.36. The van der Waals surface area contributed by atoms with Crippen LogP contribution in [0.5, 0.6) is 0 Å². The van der Waals surface area contributed by atoms with Gasteiger partial charge in [-0.2, -0.15) is 5.10 Å². The second-order valence-electron chi connectivity index (χ2n) is 9.02. The Morgan fingerprint density at radius 3 is 2.97 bits per heavy atom. The van der Waals surface area contributed by atoms with Gasteiger partial charge in [-0.15, -0.1) is 11.3 Å². The SMILES string of the molecule is CC1CCCN(Cc2cc3nc(-c4cccc5[nH]ncc45)nc(N4CCOCC4)c3s2)C1. The number of aromatic amines is 1. The zero-order valence-electron chi connectivity index (χ0n) is 18.4. The number of nitrogens with one attached hydrogen (secondary N) is 1. The van der Waals surface area contributed by atoms with Gasteiger partial charge in [0.05, 0.1) is 35.1 Å². The molecular weight excluding hydrogens is 420 g/mol. The first-order valence-corrected chi connectivity index (χ1v) is 12.3. The molecule has 2 aliphatic heterocycles. The van der Waals surface area contributed by atoms with Gasteiger partial charge < -0.3 is 9.64 Å². The monoisotopic (exact) mass is 448 g/mol. The van der Waals surface area contributed by atoms with Crippen molar-refractivity contribution in [1.82, 2.24) is 25.1 Å². The maximum atomic E-state index is 5.61. The first-order chi connectivity index (χ1) is 15.7. The van der Waals surface area contributed by atoms with Crippen molar-refractivity contribution in [3.8, 4) is 11.4 Å². The normalized spacial score (nSPS) is 20.4. The van der Waals surface area contributed by atoms with E-state index in [1.54, 1.807) is 0 Å². The zero-order chi connectivity index (χ0) is 21.5. The van der Waals surface area contributed by atoms with Gasteiger partial charge in [-0.1, -0.05) is 19.1 Å². The molecule has 1 N–H and O–H groups in total. The molecule has 3 aromatic heterocycles. The van der Waals surface area contributed by atoms with Gasteiger partial charge in [-0.05, 0) is 37.4 Å². The number of anilines is 1. The Hall–Kier alpha value is -2.55. The quantitative estimate of drug-likeness (QED) is 0.502. The van der Waals surface area contributed by atoms with Crippen LogP contribution in [0.25, 0.3) is 32.5 Å². The van der Waals surface area contributed by atoms with Gasteiger partial charge in [0.2, 0.25) is 0 Å². The van der Waals surface area contributed by atoms with E-state index in [0.29, 0.717) is 0 Å². The lowest BCUT2D eigenvalue weighted by atomic mass is 10.0. The van der Waals surface area contributed by atoms with E-state index in [4.69, 9.17) is 14.7 Å². The molecule has 1 aromatic carbocycles. The maximum absolute atomic E-state index is 5.61. The number of nitrogens with zero attached hydrogens (tertiary/aromatic N) is 5. The highest BCUT2D eigenvalue weighted by atomic mass is 32.1. The molecule has 32 heavy (non-hydrogen) atoms. The molecular formula is C24H28N6OS. The van der Waals surface area contributed by atoms with Gasteiger partial charge in [-0.25, -0.2) is 9.97 Å². The third kappa shape index (κ3) is 3.76. The van der Waals surface area contributed by atoms with Crippen LogP contribution in [-0.2, 0) is 11.3 Å². The van der Waals surface area contributed by atoms with Gasteiger partial charge >= 0.3 is 0 Å². The minimum atomic E-state index is 0.738. The first-order valence-electron chi connectivity index (χ1n) is 11.5. The van der Waals surface area contributed by atoms with Crippen molar-refractivity contribution in [1.29, 1.82) is 0 Å². The summed E-state index contributed by atoms with van der Waals surface area (Å²) in [6.07, 6.45) is 4.51. The van der Waals surface area contributed by atoms with E-state index in [1.165, 1.54) is 35.5 Å². The van der Waals surface area contributed by atoms with Crippen molar-refractivity contribution in [2.24, 2.45) is 5.92 Å². The molecule has 1 unspecified atom stereocenters. The van der Waals surface area contributed by atoms with Crippen LogP contribution in [0, 0.1) is 5.92 Å². The summed E-state index contributed by atoms with van der Waals surface area (Å²) in [4.78, 5) is 16.5. The van der Waals surface area contributed by atoms with E-state index in [0.717, 1.165) is 72.4 Å². The fourth-order valence-electron chi connectivity index (χ4n) is 4.97. The Balaban J connectivity index is 1.44. The topological polar surface area (TPSA) is 70.2 Å². The molecule has 0 radical (unpaired) electrons. The number of rotatable bonds is 4. The molecule has 0 spiro atoms. The number of likely N-dealkylation sites (tertiary alicyclic amines) is 1. The van der Waals surface area contributed by atoms with Crippen LogP contribution in [0.4, 0.5) is 5.82 Å². The third-order valence-corrected chi connectivity index (χ3v) is 7.67. The highest BCUT2D eigenvalue weighted by molar-refractivity contribution is 7.19. The molecule has 7 nitrogen and oxygen atoms in total. The Labute approximate surface area is 191 Å². The maximum Gasteiger partial charge on any atom is 0.162 e. The number of H-pyrrole nitrogens is 1. The number of morpholine rings is 1. The zero-order valence-corrected chi connectivity index (χ0v) is 19.2. The predicted molar refractivity (Wildman–Crippen MR) is 129 cm³/mol. The number of hydrogen-bond acceptors (Lipinski definition) is 7. The van der Waals surface area contributed by atoms with Gasteiger partial charge in [0.1, 0.15) is 0 Å². The third-order valence-electron chi connectivity index (χ3n) is 6.56. The van der Waals surface area contributed by atoms with E-state index in [1.807, 2.05) is 29.7 Å². The average molecular weight is 449 g/mol. The Kier molecular flexibility index (Phi) is 5.29. The Morgan fingerprint density at radius 2 is 2.09 bits per heavy atom. The van der Waals surface area contributed by atoms with Crippen LogP contribution in [0.15, 0.2) is 30.5 Å². The summed E-state index contributed by atoms with van der Waals surface area (Å²) in [6, 6.07) is 8.44. The summed E-state index contributed by atoms with van der Waals surface area (Å²) in [5.74, 6) is 2.59. The molecule has 6 rings (SSSR count). The second kappa shape index (κ2) is 8.42. The van der Waals surface area contributed by atoms with Crippen LogP contribution in [0.3, 0.4) is 0 Å². The van der Waals surface area contributed by atoms with E-state index in [2.05, 4.69) is 39.1 Å². The summed E-state index contributed by atoms with van der Waals surface area (Å²) in [5, 5.41) is 8.34. The number of hydrogen-bond donors (Lipinski definition) is 1. The van der Waals surface area contributed by atoms with Crippen LogP contribution < -0.4 is 4.90 Å². The van der Waals surface area contributed by atoms with E-state index < -0.39 is 0 Å². The highest BCUT2D eigenvalue weighted by Gasteiger charge is 2.22. The second-order valence-corrected chi connectivity index (χ2v) is 10.2. The number of fused-ring (bicyclic) bond motifs is 2. The van der Waals surface area contributed by atoms with Crippen LogP contribution in [0.2, 0.25) is 0 Å². The number of aromatic nitrogens is 4. The lowest BCUT2D eigenvalue weighted by molar-refractivity contribution is 0.122. The lowest BCUT2D eigenvalue weighted by Gasteiger charge is -2.30. The van der Waals surface area contributed by atoms with Gasteiger partial charge in [0.15, 0.2) is 11.6 Å². The van der Waals surface area contributed by atoms with Crippen molar-refractivity contribution in [2.45, 2.75) is 26.3 Å². The predicted octanol–water partition coefficient (Wildman–Crippen LogP) is 4.30. The van der Waals surface area contributed by atoms with Gasteiger partial charge in [0, 0.05) is 42.0 Å². The van der Waals surface area contributed by atoms with E-state index in [9.17, 15) is 0 Å². The van der Waals surface area contributed by atoms with Crippen molar-refractivity contribution in [2.75, 3.05) is 44.3 Å². The molecule has 0 aliphatic carbocycles. The Bertz CT molecular complexity index is 1240. The largest absolute Gasteiger partial charge is 0.378 e. The van der Waals surface area contributed by atoms with Crippen LogP contribution >= 0.6 is 11.3 Å². The molecule has 0 amide bonds. The molecule has 5 heterocycles. The lowest BCUT2D eigenvalue weighted by Crippen LogP contribution is -2.36. The van der Waals surface area contributed by atoms with E-state index in [-0.39, 0.29) is 0 Å². The molecule has 0 saturated carbocycles. The minimum absolute atomic E-state index is 0.738. The summed E-state index contributed by atoms with van der Waals surface area (Å²) in [7, 11) is 0. The molecule has 4 aromatic rings. The molecule has 8 heteroatoms. The number of piperidine rings is 1. The average Bonchev–Trinajstić information content (AvgIpc) is 3.45. The summed E-state index contributed by atoms with van der Waals surface area (Å²) in [5.41, 5.74) is 3.07. The van der Waals surface area contributed by atoms with Crippen LogP contribution in [-0.4, -0.2) is 64.5 Å². The van der Waals surface area contributed by atoms with Crippen molar-refractivity contribution >= 4 is 38.3 Å².